The standard InChI is InChI=1S/C21H17ClN2O3/c1-27-19-4-2-3-15(13-19)21(26)24-18-11-9-17(10-12-18)23-20(25)14-5-7-16(22)8-6-14/h2-13H,1H3,(H,23,25)(H,24,26). The van der Waals surface area contributed by atoms with Crippen LogP contribution in [-0.4, -0.2) is 18.9 Å². The molecule has 0 aliphatic carbocycles. The molecule has 0 heterocycles. The Hall–Kier alpha value is -3.31. The van der Waals surface area contributed by atoms with Crippen LogP contribution in [0.5, 0.6) is 5.75 Å². The molecule has 0 bridgehead atoms. The monoisotopic (exact) mass is 380 g/mol. The number of carbonyl (C=O) groups excluding carboxylic acids is 2. The minimum Gasteiger partial charge on any atom is -0.497 e. The van der Waals surface area contributed by atoms with Gasteiger partial charge < -0.3 is 15.4 Å². The number of nitrogens with one attached hydrogen (secondary N) is 2. The molecule has 0 unspecified atom stereocenters. The molecule has 136 valence electrons. The largest absolute Gasteiger partial charge is 0.497 e. The first kappa shape index (κ1) is 18.5. The highest BCUT2D eigenvalue weighted by atomic mass is 35.5. The quantitative estimate of drug-likeness (QED) is 0.664. The van der Waals surface area contributed by atoms with Gasteiger partial charge in [0.15, 0.2) is 0 Å². The van der Waals surface area contributed by atoms with Gasteiger partial charge in [0.25, 0.3) is 11.8 Å². The average Bonchev–Trinajstić information content (AvgIpc) is 2.70. The Morgan fingerprint density at radius 1 is 0.778 bits per heavy atom. The summed E-state index contributed by atoms with van der Waals surface area (Å²) in [4.78, 5) is 24.5. The fourth-order valence-electron chi connectivity index (χ4n) is 2.41. The minimum atomic E-state index is -0.244. The lowest BCUT2D eigenvalue weighted by Gasteiger charge is -2.09. The number of carbonyl (C=O) groups is 2. The maximum Gasteiger partial charge on any atom is 0.255 e. The normalized spacial score (nSPS) is 10.1. The van der Waals surface area contributed by atoms with Crippen LogP contribution in [0.25, 0.3) is 0 Å². The summed E-state index contributed by atoms with van der Waals surface area (Å²) in [5.41, 5.74) is 2.24. The Morgan fingerprint density at radius 2 is 1.33 bits per heavy atom. The Labute approximate surface area is 161 Å². The molecule has 0 saturated heterocycles. The van der Waals surface area contributed by atoms with Gasteiger partial charge in [0.05, 0.1) is 7.11 Å². The first-order valence-electron chi connectivity index (χ1n) is 8.17. The predicted molar refractivity (Wildman–Crippen MR) is 107 cm³/mol. The highest BCUT2D eigenvalue weighted by Crippen LogP contribution is 2.18. The zero-order valence-corrected chi connectivity index (χ0v) is 15.3. The van der Waals surface area contributed by atoms with Gasteiger partial charge in [0.2, 0.25) is 0 Å². The molecule has 3 rings (SSSR count). The van der Waals surface area contributed by atoms with E-state index in [1.807, 2.05) is 0 Å². The number of hydrogen-bond acceptors (Lipinski definition) is 3. The number of halogens is 1. The van der Waals surface area contributed by atoms with Crippen LogP contribution in [0.2, 0.25) is 5.02 Å². The molecule has 0 aliphatic heterocycles. The van der Waals surface area contributed by atoms with Gasteiger partial charge in [-0.3, -0.25) is 9.59 Å². The Bertz CT molecular complexity index is 954. The third-order valence-electron chi connectivity index (χ3n) is 3.84. The van der Waals surface area contributed by atoms with Crippen molar-refractivity contribution in [2.45, 2.75) is 0 Å². The fourth-order valence-corrected chi connectivity index (χ4v) is 2.53. The number of rotatable bonds is 5. The van der Waals surface area contributed by atoms with Crippen LogP contribution in [0.15, 0.2) is 72.8 Å². The molecule has 2 amide bonds. The molecule has 5 nitrogen and oxygen atoms in total. The van der Waals surface area contributed by atoms with Gasteiger partial charge >= 0.3 is 0 Å². The number of methoxy groups -OCH3 is 1. The number of ether oxygens (including phenoxy) is 1. The summed E-state index contributed by atoms with van der Waals surface area (Å²) >= 11 is 5.82. The molecule has 0 fully saturated rings. The first-order valence-corrected chi connectivity index (χ1v) is 8.55. The van der Waals surface area contributed by atoms with Crippen molar-refractivity contribution in [1.29, 1.82) is 0 Å². The number of hydrogen-bond donors (Lipinski definition) is 2. The summed E-state index contributed by atoms with van der Waals surface area (Å²) in [6.45, 7) is 0. The molecular weight excluding hydrogens is 364 g/mol. The van der Waals surface area contributed by atoms with Gasteiger partial charge in [-0.25, -0.2) is 0 Å². The zero-order valence-electron chi connectivity index (χ0n) is 14.5. The van der Waals surface area contributed by atoms with Gasteiger partial charge in [0, 0.05) is 27.5 Å². The first-order chi connectivity index (χ1) is 13.0. The molecule has 6 heteroatoms. The Kier molecular flexibility index (Phi) is 5.74. The second-order valence-electron chi connectivity index (χ2n) is 5.72. The van der Waals surface area contributed by atoms with E-state index in [0.717, 1.165) is 0 Å². The molecule has 0 aliphatic rings. The van der Waals surface area contributed by atoms with E-state index in [2.05, 4.69) is 10.6 Å². The summed E-state index contributed by atoms with van der Waals surface area (Å²) < 4.78 is 5.12. The molecule has 3 aromatic carbocycles. The van der Waals surface area contributed by atoms with Crippen LogP contribution in [0.3, 0.4) is 0 Å². The second-order valence-corrected chi connectivity index (χ2v) is 6.16. The molecule has 0 radical (unpaired) electrons. The van der Waals surface area contributed by atoms with Crippen molar-refractivity contribution in [3.8, 4) is 5.75 Å². The topological polar surface area (TPSA) is 67.4 Å². The Morgan fingerprint density at radius 3 is 1.89 bits per heavy atom. The predicted octanol–water partition coefficient (Wildman–Crippen LogP) is 4.85. The average molecular weight is 381 g/mol. The van der Waals surface area contributed by atoms with Crippen LogP contribution >= 0.6 is 11.6 Å². The van der Waals surface area contributed by atoms with Crippen LogP contribution in [0, 0.1) is 0 Å². The summed E-state index contributed by atoms with van der Waals surface area (Å²) in [5, 5.41) is 6.17. The molecular formula is C21H17ClN2O3. The van der Waals surface area contributed by atoms with E-state index in [1.165, 1.54) is 0 Å². The van der Waals surface area contributed by atoms with Crippen LogP contribution < -0.4 is 15.4 Å². The lowest BCUT2D eigenvalue weighted by atomic mass is 10.2. The van der Waals surface area contributed by atoms with Crippen LogP contribution in [0.1, 0.15) is 20.7 Å². The van der Waals surface area contributed by atoms with Gasteiger partial charge in [0.1, 0.15) is 5.75 Å². The highest BCUT2D eigenvalue weighted by molar-refractivity contribution is 6.30. The van der Waals surface area contributed by atoms with Crippen molar-refractivity contribution in [3.63, 3.8) is 0 Å². The molecule has 0 atom stereocenters. The second kappa shape index (κ2) is 8.38. The van der Waals surface area contributed by atoms with Gasteiger partial charge in [-0.2, -0.15) is 0 Å². The molecule has 0 saturated carbocycles. The van der Waals surface area contributed by atoms with Gasteiger partial charge in [-0.1, -0.05) is 17.7 Å². The zero-order chi connectivity index (χ0) is 19.2. The third-order valence-corrected chi connectivity index (χ3v) is 4.09. The smallest absolute Gasteiger partial charge is 0.255 e. The molecule has 3 aromatic rings. The van der Waals surface area contributed by atoms with E-state index >= 15 is 0 Å². The lowest BCUT2D eigenvalue weighted by molar-refractivity contribution is 0.101. The van der Waals surface area contributed by atoms with Crippen LogP contribution in [0.4, 0.5) is 11.4 Å². The molecule has 2 N–H and O–H groups in total. The highest BCUT2D eigenvalue weighted by Gasteiger charge is 2.09. The summed E-state index contributed by atoms with van der Waals surface area (Å²) in [6.07, 6.45) is 0. The van der Waals surface area contributed by atoms with E-state index in [-0.39, 0.29) is 11.8 Å². The molecule has 0 aromatic heterocycles. The maximum absolute atomic E-state index is 12.3. The van der Waals surface area contributed by atoms with Crippen molar-refractivity contribution < 1.29 is 14.3 Å². The summed E-state index contributed by atoms with van der Waals surface area (Å²) in [6, 6.07) is 20.4. The Balaban J connectivity index is 1.63. The van der Waals surface area contributed by atoms with Gasteiger partial charge in [-0.05, 0) is 66.7 Å². The van der Waals surface area contributed by atoms with Gasteiger partial charge in [-0.15, -0.1) is 0 Å². The van der Waals surface area contributed by atoms with E-state index < -0.39 is 0 Å². The van der Waals surface area contributed by atoms with E-state index in [1.54, 1.807) is 79.9 Å². The summed E-state index contributed by atoms with van der Waals surface area (Å²) in [7, 11) is 1.55. The van der Waals surface area contributed by atoms with Crippen molar-refractivity contribution in [2.75, 3.05) is 17.7 Å². The lowest BCUT2D eigenvalue weighted by Crippen LogP contribution is -2.13. The number of benzene rings is 3. The minimum absolute atomic E-state index is 0.236. The van der Waals surface area contributed by atoms with Crippen molar-refractivity contribution in [1.82, 2.24) is 0 Å². The summed E-state index contributed by atoms with van der Waals surface area (Å²) in [5.74, 6) is 0.134. The van der Waals surface area contributed by atoms with E-state index in [0.29, 0.717) is 33.3 Å². The number of amides is 2. The SMILES string of the molecule is COc1cccc(C(=O)Nc2ccc(NC(=O)c3ccc(Cl)cc3)cc2)c1. The molecule has 27 heavy (non-hydrogen) atoms. The van der Waals surface area contributed by atoms with E-state index in [4.69, 9.17) is 16.3 Å². The maximum atomic E-state index is 12.3. The fraction of sp³-hybridized carbons (Fsp3) is 0.0476. The molecule has 0 spiro atoms. The van der Waals surface area contributed by atoms with Crippen molar-refractivity contribution in [3.05, 3.63) is 88.9 Å². The third kappa shape index (κ3) is 4.86. The van der Waals surface area contributed by atoms with Crippen molar-refractivity contribution >= 4 is 34.8 Å². The van der Waals surface area contributed by atoms with E-state index in [9.17, 15) is 9.59 Å². The van der Waals surface area contributed by atoms with Crippen LogP contribution in [-0.2, 0) is 0 Å². The number of anilines is 2. The van der Waals surface area contributed by atoms with Crippen molar-refractivity contribution in [2.24, 2.45) is 0 Å².